The van der Waals surface area contributed by atoms with Crippen molar-refractivity contribution in [2.75, 3.05) is 6.54 Å². The van der Waals surface area contributed by atoms with Gasteiger partial charge in [-0.15, -0.1) is 0 Å². The summed E-state index contributed by atoms with van der Waals surface area (Å²) < 4.78 is 2.17. The fourth-order valence-corrected chi connectivity index (χ4v) is 2.69. The number of nitrogens with zero attached hydrogens (tertiary/aromatic N) is 2. The summed E-state index contributed by atoms with van der Waals surface area (Å²) in [6, 6.07) is 2.29. The summed E-state index contributed by atoms with van der Waals surface area (Å²) in [5.41, 5.74) is 8.80. The number of nitrogens with two attached hydrogens (primary N) is 1. The van der Waals surface area contributed by atoms with Gasteiger partial charge in [-0.1, -0.05) is 6.42 Å². The standard InChI is InChI=1S/C11H17N3/c12-8-11(4-2-5-11)10-7-9-3-1-6-14(9)13-10/h7H,1-6,8,12H2. The summed E-state index contributed by atoms with van der Waals surface area (Å²) in [6.07, 6.45) is 6.26. The van der Waals surface area contributed by atoms with E-state index in [0.29, 0.717) is 0 Å². The number of aromatic nitrogens is 2. The first-order valence-corrected chi connectivity index (χ1v) is 5.61. The van der Waals surface area contributed by atoms with Crippen molar-refractivity contribution in [1.29, 1.82) is 0 Å². The molecule has 3 heteroatoms. The molecule has 3 nitrogen and oxygen atoms in total. The van der Waals surface area contributed by atoms with Crippen LogP contribution in [-0.4, -0.2) is 16.3 Å². The van der Waals surface area contributed by atoms with Crippen LogP contribution in [0.3, 0.4) is 0 Å². The molecule has 1 aromatic rings. The van der Waals surface area contributed by atoms with E-state index in [1.807, 2.05) is 0 Å². The van der Waals surface area contributed by atoms with E-state index in [4.69, 9.17) is 10.8 Å². The minimum absolute atomic E-state index is 0.247. The van der Waals surface area contributed by atoms with E-state index in [1.54, 1.807) is 0 Å². The van der Waals surface area contributed by atoms with Crippen molar-refractivity contribution in [2.45, 2.75) is 44.1 Å². The van der Waals surface area contributed by atoms with Crippen LogP contribution in [0.5, 0.6) is 0 Å². The molecular weight excluding hydrogens is 174 g/mol. The maximum Gasteiger partial charge on any atom is 0.0701 e. The highest BCUT2D eigenvalue weighted by Gasteiger charge is 2.40. The van der Waals surface area contributed by atoms with Crippen molar-refractivity contribution in [3.05, 3.63) is 17.5 Å². The van der Waals surface area contributed by atoms with Gasteiger partial charge in [-0.2, -0.15) is 5.10 Å². The van der Waals surface area contributed by atoms with Crippen LogP contribution in [0.15, 0.2) is 6.07 Å². The molecule has 0 spiro atoms. The predicted molar refractivity (Wildman–Crippen MR) is 55.1 cm³/mol. The van der Waals surface area contributed by atoms with Crippen LogP contribution in [0.4, 0.5) is 0 Å². The molecule has 0 unspecified atom stereocenters. The smallest absolute Gasteiger partial charge is 0.0701 e. The van der Waals surface area contributed by atoms with E-state index in [1.165, 1.54) is 43.5 Å². The Hall–Kier alpha value is -0.830. The monoisotopic (exact) mass is 191 g/mol. The highest BCUT2D eigenvalue weighted by Crippen LogP contribution is 2.42. The maximum atomic E-state index is 5.87. The van der Waals surface area contributed by atoms with Crippen molar-refractivity contribution in [1.82, 2.24) is 9.78 Å². The van der Waals surface area contributed by atoms with Crippen LogP contribution < -0.4 is 5.73 Å². The zero-order valence-electron chi connectivity index (χ0n) is 8.50. The lowest BCUT2D eigenvalue weighted by molar-refractivity contribution is 0.243. The molecule has 1 aliphatic heterocycles. The number of rotatable bonds is 2. The molecule has 76 valence electrons. The molecule has 2 aliphatic rings. The minimum Gasteiger partial charge on any atom is -0.330 e. The van der Waals surface area contributed by atoms with Gasteiger partial charge >= 0.3 is 0 Å². The lowest BCUT2D eigenvalue weighted by atomic mass is 9.66. The van der Waals surface area contributed by atoms with Crippen molar-refractivity contribution < 1.29 is 0 Å². The van der Waals surface area contributed by atoms with Gasteiger partial charge in [-0.05, 0) is 31.7 Å². The lowest BCUT2D eigenvalue weighted by Crippen LogP contribution is -2.42. The average molecular weight is 191 g/mol. The Kier molecular flexibility index (Phi) is 1.71. The fraction of sp³-hybridized carbons (Fsp3) is 0.727. The van der Waals surface area contributed by atoms with Crippen LogP contribution >= 0.6 is 0 Å². The third kappa shape index (κ3) is 0.989. The average Bonchev–Trinajstić information content (AvgIpc) is 2.62. The first-order valence-electron chi connectivity index (χ1n) is 5.61. The molecule has 0 atom stereocenters. The second kappa shape index (κ2) is 2.83. The topological polar surface area (TPSA) is 43.8 Å². The Morgan fingerprint density at radius 3 is 2.86 bits per heavy atom. The van der Waals surface area contributed by atoms with Crippen molar-refractivity contribution >= 4 is 0 Å². The van der Waals surface area contributed by atoms with Crippen LogP contribution in [-0.2, 0) is 18.4 Å². The Balaban J connectivity index is 1.96. The van der Waals surface area contributed by atoms with Gasteiger partial charge in [0, 0.05) is 24.2 Å². The van der Waals surface area contributed by atoms with Gasteiger partial charge in [-0.3, -0.25) is 4.68 Å². The summed E-state index contributed by atoms with van der Waals surface area (Å²) in [4.78, 5) is 0. The molecule has 2 heterocycles. The van der Waals surface area contributed by atoms with E-state index in [2.05, 4.69) is 10.7 Å². The molecule has 2 N–H and O–H groups in total. The fourth-order valence-electron chi connectivity index (χ4n) is 2.69. The number of hydrogen-bond donors (Lipinski definition) is 1. The Labute approximate surface area is 84.3 Å². The molecule has 0 amide bonds. The van der Waals surface area contributed by atoms with Gasteiger partial charge in [0.25, 0.3) is 0 Å². The number of fused-ring (bicyclic) bond motifs is 1. The molecule has 0 bridgehead atoms. The largest absolute Gasteiger partial charge is 0.330 e. The molecule has 1 saturated carbocycles. The molecular formula is C11H17N3. The van der Waals surface area contributed by atoms with Crippen LogP contribution in [0.1, 0.15) is 37.1 Å². The molecule has 0 saturated heterocycles. The molecule has 1 fully saturated rings. The molecule has 14 heavy (non-hydrogen) atoms. The summed E-state index contributed by atoms with van der Waals surface area (Å²) >= 11 is 0. The highest BCUT2D eigenvalue weighted by molar-refractivity contribution is 5.25. The lowest BCUT2D eigenvalue weighted by Gasteiger charge is -2.39. The first-order chi connectivity index (χ1) is 6.84. The quantitative estimate of drug-likeness (QED) is 0.763. The van der Waals surface area contributed by atoms with Crippen LogP contribution in [0.2, 0.25) is 0 Å². The van der Waals surface area contributed by atoms with E-state index >= 15 is 0 Å². The van der Waals surface area contributed by atoms with Gasteiger partial charge in [0.05, 0.1) is 5.69 Å². The van der Waals surface area contributed by atoms with Crippen molar-refractivity contribution in [3.8, 4) is 0 Å². The van der Waals surface area contributed by atoms with Crippen molar-refractivity contribution in [3.63, 3.8) is 0 Å². The highest BCUT2D eigenvalue weighted by atomic mass is 15.3. The normalized spacial score (nSPS) is 23.2. The zero-order valence-corrected chi connectivity index (χ0v) is 8.50. The molecule has 0 radical (unpaired) electrons. The maximum absolute atomic E-state index is 5.87. The summed E-state index contributed by atoms with van der Waals surface area (Å²) in [5.74, 6) is 0. The Bertz CT molecular complexity index is 322. The first kappa shape index (κ1) is 8.48. The molecule has 3 rings (SSSR count). The summed E-state index contributed by atoms with van der Waals surface area (Å²) in [7, 11) is 0. The Morgan fingerprint density at radius 2 is 2.29 bits per heavy atom. The van der Waals surface area contributed by atoms with E-state index in [-0.39, 0.29) is 5.41 Å². The minimum atomic E-state index is 0.247. The van der Waals surface area contributed by atoms with E-state index in [9.17, 15) is 0 Å². The second-order valence-corrected chi connectivity index (χ2v) is 4.69. The van der Waals surface area contributed by atoms with Gasteiger partial charge < -0.3 is 5.73 Å². The third-order valence-electron chi connectivity index (χ3n) is 3.91. The Morgan fingerprint density at radius 1 is 1.43 bits per heavy atom. The molecule has 1 aliphatic carbocycles. The second-order valence-electron chi connectivity index (χ2n) is 4.69. The van der Waals surface area contributed by atoms with Crippen LogP contribution in [0, 0.1) is 0 Å². The number of aryl methyl sites for hydroxylation is 2. The third-order valence-corrected chi connectivity index (χ3v) is 3.91. The molecule has 1 aromatic heterocycles. The van der Waals surface area contributed by atoms with Gasteiger partial charge in [0.2, 0.25) is 0 Å². The molecule has 0 aromatic carbocycles. The number of hydrogen-bond acceptors (Lipinski definition) is 2. The zero-order chi connectivity index (χ0) is 9.60. The van der Waals surface area contributed by atoms with E-state index < -0.39 is 0 Å². The van der Waals surface area contributed by atoms with Gasteiger partial charge in [0.15, 0.2) is 0 Å². The van der Waals surface area contributed by atoms with E-state index in [0.717, 1.165) is 13.1 Å². The summed E-state index contributed by atoms with van der Waals surface area (Å²) in [6.45, 7) is 1.87. The van der Waals surface area contributed by atoms with Gasteiger partial charge in [-0.25, -0.2) is 0 Å². The van der Waals surface area contributed by atoms with Crippen LogP contribution in [0.25, 0.3) is 0 Å². The van der Waals surface area contributed by atoms with Gasteiger partial charge in [0.1, 0.15) is 0 Å². The van der Waals surface area contributed by atoms with Crippen molar-refractivity contribution in [2.24, 2.45) is 5.73 Å². The predicted octanol–water partition coefficient (Wildman–Crippen LogP) is 1.21. The summed E-state index contributed by atoms with van der Waals surface area (Å²) in [5, 5.41) is 4.69. The SMILES string of the molecule is NCC1(c2cc3n(n2)CCC3)CCC1.